The Morgan fingerprint density at radius 2 is 1.87 bits per heavy atom. The van der Waals surface area contributed by atoms with Crippen LogP contribution in [0.15, 0.2) is 42.5 Å². The van der Waals surface area contributed by atoms with Gasteiger partial charge in [0, 0.05) is 35.9 Å². The van der Waals surface area contributed by atoms with Crippen LogP contribution in [0.25, 0.3) is 0 Å². The van der Waals surface area contributed by atoms with Gasteiger partial charge in [-0.1, -0.05) is 11.6 Å². The van der Waals surface area contributed by atoms with Crippen LogP contribution in [0.3, 0.4) is 0 Å². The first kappa shape index (κ1) is 22.9. The van der Waals surface area contributed by atoms with Crippen molar-refractivity contribution in [1.29, 1.82) is 0 Å². The predicted molar refractivity (Wildman–Crippen MR) is 120 cm³/mol. The molecule has 1 aliphatic rings. The third-order valence-corrected chi connectivity index (χ3v) is 5.24. The highest BCUT2D eigenvalue weighted by Gasteiger charge is 2.12. The highest BCUT2D eigenvalue weighted by molar-refractivity contribution is 6.31. The van der Waals surface area contributed by atoms with Gasteiger partial charge in [-0.3, -0.25) is 9.59 Å². The molecular formula is C23H27ClN2O5. The molecule has 0 spiro atoms. The van der Waals surface area contributed by atoms with Crippen LogP contribution in [0.1, 0.15) is 18.4 Å². The maximum atomic E-state index is 12.0. The zero-order valence-corrected chi connectivity index (χ0v) is 18.3. The second-order valence-electron chi connectivity index (χ2n) is 7.22. The van der Waals surface area contributed by atoms with E-state index in [2.05, 4.69) is 10.2 Å². The van der Waals surface area contributed by atoms with Crippen molar-refractivity contribution in [3.8, 4) is 5.75 Å². The molecule has 0 saturated carbocycles. The molecule has 166 valence electrons. The van der Waals surface area contributed by atoms with Gasteiger partial charge in [0.25, 0.3) is 5.91 Å². The first-order valence-corrected chi connectivity index (χ1v) is 10.7. The number of anilines is 2. The van der Waals surface area contributed by atoms with Crippen LogP contribution in [0.5, 0.6) is 5.75 Å². The van der Waals surface area contributed by atoms with Gasteiger partial charge in [-0.15, -0.1) is 0 Å². The minimum atomic E-state index is -0.436. The van der Waals surface area contributed by atoms with E-state index in [1.54, 1.807) is 12.1 Å². The summed E-state index contributed by atoms with van der Waals surface area (Å²) in [6, 6.07) is 13.0. The van der Waals surface area contributed by atoms with E-state index in [0.717, 1.165) is 37.6 Å². The fourth-order valence-corrected chi connectivity index (χ4v) is 3.22. The number of carbonyl (C=O) groups excluding carboxylic acids is 2. The molecule has 1 N–H and O–H groups in total. The molecule has 8 heteroatoms. The molecule has 2 aromatic carbocycles. The van der Waals surface area contributed by atoms with E-state index >= 15 is 0 Å². The number of halogens is 1. The van der Waals surface area contributed by atoms with Gasteiger partial charge in [0.15, 0.2) is 6.61 Å². The Kier molecular flexibility index (Phi) is 8.55. The molecule has 0 atom stereocenters. The molecule has 1 aliphatic heterocycles. The maximum absolute atomic E-state index is 12.0. The van der Waals surface area contributed by atoms with Crippen molar-refractivity contribution in [1.82, 2.24) is 0 Å². The quantitative estimate of drug-likeness (QED) is 0.466. The van der Waals surface area contributed by atoms with Crippen molar-refractivity contribution in [3.63, 3.8) is 0 Å². The molecule has 0 aliphatic carbocycles. The third-order valence-electron chi connectivity index (χ3n) is 4.81. The standard InChI is InChI=1S/C23H27ClN2O5/c1-17-15-20(8-9-21(17)24)30-12-2-3-23(28)31-16-22(27)25-18-4-6-19(7-5-18)26-10-13-29-14-11-26/h4-9,15H,2-3,10-14,16H2,1H3,(H,25,27). The van der Waals surface area contributed by atoms with Gasteiger partial charge in [-0.25, -0.2) is 0 Å². The van der Waals surface area contributed by atoms with Crippen LogP contribution >= 0.6 is 11.6 Å². The number of benzene rings is 2. The number of amides is 1. The lowest BCUT2D eigenvalue weighted by Gasteiger charge is -2.28. The number of nitrogens with zero attached hydrogens (tertiary/aromatic N) is 1. The molecule has 1 saturated heterocycles. The van der Waals surface area contributed by atoms with Gasteiger partial charge in [-0.2, -0.15) is 0 Å². The first-order valence-electron chi connectivity index (χ1n) is 10.3. The Balaban J connectivity index is 1.31. The third kappa shape index (κ3) is 7.45. The van der Waals surface area contributed by atoms with Crippen LogP contribution < -0.4 is 15.0 Å². The van der Waals surface area contributed by atoms with Gasteiger partial charge in [0.2, 0.25) is 0 Å². The van der Waals surface area contributed by atoms with Crippen LogP contribution in [-0.2, 0) is 19.1 Å². The van der Waals surface area contributed by atoms with E-state index in [4.69, 9.17) is 25.8 Å². The van der Waals surface area contributed by atoms with E-state index < -0.39 is 5.97 Å². The first-order chi connectivity index (χ1) is 15.0. The predicted octanol–water partition coefficient (Wildman–Crippen LogP) is 3.83. The van der Waals surface area contributed by atoms with Crippen molar-refractivity contribution < 1.29 is 23.8 Å². The fraction of sp³-hybridized carbons (Fsp3) is 0.391. The Morgan fingerprint density at radius 1 is 1.13 bits per heavy atom. The van der Waals surface area contributed by atoms with E-state index in [1.165, 1.54) is 0 Å². The topological polar surface area (TPSA) is 77.1 Å². The van der Waals surface area contributed by atoms with Gasteiger partial charge >= 0.3 is 5.97 Å². The monoisotopic (exact) mass is 446 g/mol. The van der Waals surface area contributed by atoms with E-state index in [-0.39, 0.29) is 18.9 Å². The fourth-order valence-electron chi connectivity index (χ4n) is 3.11. The molecule has 0 aromatic heterocycles. The Morgan fingerprint density at radius 3 is 2.58 bits per heavy atom. The van der Waals surface area contributed by atoms with Crippen LogP contribution in [-0.4, -0.2) is 51.4 Å². The highest BCUT2D eigenvalue weighted by Crippen LogP contribution is 2.21. The zero-order chi connectivity index (χ0) is 22.1. The largest absolute Gasteiger partial charge is 0.494 e. The smallest absolute Gasteiger partial charge is 0.306 e. The highest BCUT2D eigenvalue weighted by atomic mass is 35.5. The normalized spacial score (nSPS) is 13.5. The van der Waals surface area contributed by atoms with Crippen LogP contribution in [0.2, 0.25) is 5.02 Å². The Bertz CT molecular complexity index is 882. The molecule has 0 radical (unpaired) electrons. The summed E-state index contributed by atoms with van der Waals surface area (Å²) in [5.74, 6) is -0.108. The lowest BCUT2D eigenvalue weighted by molar-refractivity contribution is -0.147. The lowest BCUT2D eigenvalue weighted by Crippen LogP contribution is -2.36. The number of aryl methyl sites for hydroxylation is 1. The average molecular weight is 447 g/mol. The van der Waals surface area contributed by atoms with Gasteiger partial charge in [0.05, 0.1) is 19.8 Å². The molecule has 1 amide bonds. The SMILES string of the molecule is Cc1cc(OCCCC(=O)OCC(=O)Nc2ccc(N3CCOCC3)cc2)ccc1Cl. The molecule has 7 nitrogen and oxygen atoms in total. The number of morpholine rings is 1. The summed E-state index contributed by atoms with van der Waals surface area (Å²) in [6.45, 7) is 5.10. The Hall–Kier alpha value is -2.77. The van der Waals surface area contributed by atoms with Gasteiger partial charge in [-0.05, 0) is 61.4 Å². The molecular weight excluding hydrogens is 420 g/mol. The van der Waals surface area contributed by atoms with Crippen molar-refractivity contribution in [2.45, 2.75) is 19.8 Å². The summed E-state index contributed by atoms with van der Waals surface area (Å²) >= 11 is 5.98. The number of nitrogens with one attached hydrogen (secondary N) is 1. The second-order valence-corrected chi connectivity index (χ2v) is 7.63. The summed E-state index contributed by atoms with van der Waals surface area (Å²) in [7, 11) is 0. The number of carbonyl (C=O) groups is 2. The number of hydrogen-bond acceptors (Lipinski definition) is 6. The van der Waals surface area contributed by atoms with Crippen molar-refractivity contribution >= 4 is 34.9 Å². The zero-order valence-electron chi connectivity index (χ0n) is 17.6. The molecule has 1 fully saturated rings. The maximum Gasteiger partial charge on any atom is 0.306 e. The minimum absolute atomic E-state index is 0.175. The van der Waals surface area contributed by atoms with Gasteiger partial charge < -0.3 is 24.4 Å². The van der Waals surface area contributed by atoms with Crippen LogP contribution in [0.4, 0.5) is 11.4 Å². The number of rotatable bonds is 9. The second kappa shape index (κ2) is 11.6. The van der Waals surface area contributed by atoms with Crippen LogP contribution in [0, 0.1) is 6.92 Å². The van der Waals surface area contributed by atoms with Crippen molar-refractivity contribution in [2.75, 3.05) is 49.7 Å². The van der Waals surface area contributed by atoms with Gasteiger partial charge in [0.1, 0.15) is 5.75 Å². The minimum Gasteiger partial charge on any atom is -0.494 e. The molecule has 1 heterocycles. The molecule has 3 rings (SSSR count). The molecule has 0 unspecified atom stereocenters. The van der Waals surface area contributed by atoms with Crippen molar-refractivity contribution in [3.05, 3.63) is 53.1 Å². The van der Waals surface area contributed by atoms with E-state index in [0.29, 0.717) is 29.5 Å². The van der Waals surface area contributed by atoms with E-state index in [1.807, 2.05) is 37.3 Å². The lowest BCUT2D eigenvalue weighted by atomic mass is 10.2. The summed E-state index contributed by atoms with van der Waals surface area (Å²) in [5.41, 5.74) is 2.67. The molecule has 0 bridgehead atoms. The number of hydrogen-bond donors (Lipinski definition) is 1. The van der Waals surface area contributed by atoms with E-state index in [9.17, 15) is 9.59 Å². The summed E-state index contributed by atoms with van der Waals surface area (Å²) < 4.78 is 16.0. The summed E-state index contributed by atoms with van der Waals surface area (Å²) in [4.78, 5) is 26.1. The molecule has 2 aromatic rings. The summed E-state index contributed by atoms with van der Waals surface area (Å²) in [6.07, 6.45) is 0.666. The summed E-state index contributed by atoms with van der Waals surface area (Å²) in [5, 5.41) is 3.41. The average Bonchev–Trinajstić information content (AvgIpc) is 2.79. The Labute approximate surface area is 187 Å². The number of esters is 1. The van der Waals surface area contributed by atoms with Crippen molar-refractivity contribution in [2.24, 2.45) is 0 Å². The molecule has 31 heavy (non-hydrogen) atoms. The number of ether oxygens (including phenoxy) is 3.